The molecule has 146 valence electrons. The number of carbonyl (C=O) groups excluding carboxylic acids is 2. The van der Waals surface area contributed by atoms with Crippen LogP contribution in [0, 0.1) is 11.3 Å². The molecule has 1 fully saturated rings. The van der Waals surface area contributed by atoms with E-state index in [-0.39, 0.29) is 24.9 Å². The molecule has 0 saturated heterocycles. The van der Waals surface area contributed by atoms with E-state index in [1.165, 1.54) is 6.42 Å². The van der Waals surface area contributed by atoms with Crippen molar-refractivity contribution < 1.29 is 24.2 Å². The zero-order chi connectivity index (χ0) is 18.9. The second kappa shape index (κ2) is 10.9. The lowest BCUT2D eigenvalue weighted by Crippen LogP contribution is -2.35. The van der Waals surface area contributed by atoms with Crippen molar-refractivity contribution in [3.8, 4) is 0 Å². The summed E-state index contributed by atoms with van der Waals surface area (Å²) in [6, 6.07) is 0. The first-order valence-electron chi connectivity index (χ1n) is 9.76. The maximum absolute atomic E-state index is 11.7. The molecule has 5 nitrogen and oxygen atoms in total. The zero-order valence-electron chi connectivity index (χ0n) is 16.4. The van der Waals surface area contributed by atoms with Crippen LogP contribution in [0.1, 0.15) is 79.1 Å². The van der Waals surface area contributed by atoms with Gasteiger partial charge in [0.2, 0.25) is 0 Å². The maximum Gasteiger partial charge on any atom is 0.335 e. The smallest absolute Gasteiger partial charge is 0.335 e. The molecule has 0 amide bonds. The highest BCUT2D eigenvalue weighted by Gasteiger charge is 2.35. The van der Waals surface area contributed by atoms with Crippen LogP contribution in [0.5, 0.6) is 0 Å². The fraction of sp³-hybridized carbons (Fsp3) is 0.900. The van der Waals surface area contributed by atoms with Gasteiger partial charge in [-0.2, -0.15) is 0 Å². The first kappa shape index (κ1) is 22.1. The molecule has 0 heterocycles. The molecule has 1 rings (SSSR count). The van der Waals surface area contributed by atoms with Gasteiger partial charge in [0.15, 0.2) is 6.10 Å². The Morgan fingerprint density at radius 3 is 2.64 bits per heavy atom. The quantitative estimate of drug-likeness (QED) is 0.452. The fourth-order valence-corrected chi connectivity index (χ4v) is 3.35. The van der Waals surface area contributed by atoms with Gasteiger partial charge in [-0.1, -0.05) is 40.5 Å². The topological polar surface area (TPSA) is 72.8 Å². The van der Waals surface area contributed by atoms with Gasteiger partial charge >= 0.3 is 5.97 Å². The summed E-state index contributed by atoms with van der Waals surface area (Å²) >= 11 is 0. The Bertz CT molecular complexity index is 420. The van der Waals surface area contributed by atoms with Gasteiger partial charge in [0.1, 0.15) is 12.4 Å². The second-order valence-electron chi connectivity index (χ2n) is 7.93. The molecule has 3 atom stereocenters. The van der Waals surface area contributed by atoms with E-state index in [2.05, 4.69) is 20.8 Å². The highest BCUT2D eigenvalue weighted by Crippen LogP contribution is 2.42. The number of hydrogen-bond acceptors (Lipinski definition) is 5. The van der Waals surface area contributed by atoms with Crippen LogP contribution in [0.25, 0.3) is 0 Å². The number of ether oxygens (including phenoxy) is 2. The van der Waals surface area contributed by atoms with Gasteiger partial charge in [-0.05, 0) is 37.0 Å². The lowest BCUT2D eigenvalue weighted by atomic mass is 9.67. The summed E-state index contributed by atoms with van der Waals surface area (Å²) in [7, 11) is 0. The van der Waals surface area contributed by atoms with Gasteiger partial charge < -0.3 is 14.6 Å². The standard InChI is InChI=1S/C20H36O5/c1-5-6-8-16(21)13-18(22)19(23)25-12-11-24-17-9-7-10-20(4,14-17)15(2)3/h15,17-18,22H,5-14H2,1-4H3. The minimum atomic E-state index is -1.36. The molecule has 5 heteroatoms. The predicted molar refractivity (Wildman–Crippen MR) is 97.3 cm³/mol. The van der Waals surface area contributed by atoms with Crippen molar-refractivity contribution in [3.63, 3.8) is 0 Å². The van der Waals surface area contributed by atoms with E-state index in [0.717, 1.165) is 32.1 Å². The normalized spacial score (nSPS) is 25.0. The van der Waals surface area contributed by atoms with Crippen LogP contribution < -0.4 is 0 Å². The maximum atomic E-state index is 11.7. The molecule has 0 aromatic carbocycles. The molecule has 3 unspecified atom stereocenters. The average molecular weight is 357 g/mol. The van der Waals surface area contributed by atoms with Gasteiger partial charge in [0.05, 0.1) is 12.7 Å². The third kappa shape index (κ3) is 7.87. The summed E-state index contributed by atoms with van der Waals surface area (Å²) in [6.45, 7) is 9.28. The van der Waals surface area contributed by atoms with Gasteiger partial charge in [-0.15, -0.1) is 0 Å². The number of aliphatic hydroxyl groups excluding tert-OH is 1. The van der Waals surface area contributed by atoms with Gasteiger partial charge in [-0.3, -0.25) is 4.79 Å². The molecule has 25 heavy (non-hydrogen) atoms. The molecular formula is C20H36O5. The van der Waals surface area contributed by atoms with Crippen molar-refractivity contribution in [2.75, 3.05) is 13.2 Å². The predicted octanol–water partition coefficient (Wildman–Crippen LogP) is 3.66. The molecule has 1 aliphatic carbocycles. The Hall–Kier alpha value is -0.940. The van der Waals surface area contributed by atoms with E-state index < -0.39 is 12.1 Å². The van der Waals surface area contributed by atoms with Gasteiger partial charge in [0.25, 0.3) is 0 Å². The SMILES string of the molecule is CCCCC(=O)CC(O)C(=O)OCCOC1CCCC(C)(C(C)C)C1. The van der Waals surface area contributed by atoms with Gasteiger partial charge in [0, 0.05) is 12.8 Å². The minimum Gasteiger partial charge on any atom is -0.461 e. The van der Waals surface area contributed by atoms with Crippen molar-refractivity contribution in [3.05, 3.63) is 0 Å². The van der Waals surface area contributed by atoms with E-state index >= 15 is 0 Å². The van der Waals surface area contributed by atoms with E-state index in [1.54, 1.807) is 0 Å². The van der Waals surface area contributed by atoms with Crippen LogP contribution in [0.3, 0.4) is 0 Å². The molecule has 0 aliphatic heterocycles. The van der Waals surface area contributed by atoms with Crippen LogP contribution in [-0.4, -0.2) is 42.3 Å². The van der Waals surface area contributed by atoms with Crippen molar-refractivity contribution >= 4 is 11.8 Å². The number of rotatable bonds is 11. The lowest BCUT2D eigenvalue weighted by Gasteiger charge is -2.41. The number of aliphatic hydroxyl groups is 1. The molecule has 0 spiro atoms. The number of carbonyl (C=O) groups is 2. The van der Waals surface area contributed by atoms with Crippen LogP contribution >= 0.6 is 0 Å². The van der Waals surface area contributed by atoms with E-state index in [0.29, 0.717) is 24.4 Å². The van der Waals surface area contributed by atoms with Crippen LogP contribution in [0.2, 0.25) is 0 Å². The van der Waals surface area contributed by atoms with Crippen LogP contribution in [-0.2, 0) is 19.1 Å². The summed E-state index contributed by atoms with van der Waals surface area (Å²) < 4.78 is 10.9. The van der Waals surface area contributed by atoms with Crippen molar-refractivity contribution in [1.29, 1.82) is 0 Å². The molecule has 0 bridgehead atoms. The molecule has 0 aromatic heterocycles. The van der Waals surface area contributed by atoms with Crippen LogP contribution in [0.15, 0.2) is 0 Å². The lowest BCUT2D eigenvalue weighted by molar-refractivity contribution is -0.157. The number of hydrogen-bond donors (Lipinski definition) is 1. The molecule has 0 aromatic rings. The first-order chi connectivity index (χ1) is 11.8. The summed E-state index contributed by atoms with van der Waals surface area (Å²) in [5, 5.41) is 9.73. The molecule has 1 aliphatic rings. The molecule has 1 N–H and O–H groups in total. The van der Waals surface area contributed by atoms with E-state index in [1.807, 2.05) is 6.92 Å². The number of esters is 1. The Labute approximate surface area is 152 Å². The Balaban J connectivity index is 2.22. The highest BCUT2D eigenvalue weighted by molar-refractivity contribution is 5.85. The molecule has 0 radical (unpaired) electrons. The van der Waals surface area contributed by atoms with Crippen molar-refractivity contribution in [2.24, 2.45) is 11.3 Å². The number of unbranched alkanes of at least 4 members (excludes halogenated alkanes) is 1. The Morgan fingerprint density at radius 1 is 1.28 bits per heavy atom. The highest BCUT2D eigenvalue weighted by atomic mass is 16.6. The van der Waals surface area contributed by atoms with Gasteiger partial charge in [-0.25, -0.2) is 4.79 Å². The van der Waals surface area contributed by atoms with Crippen LogP contribution in [0.4, 0.5) is 0 Å². The third-order valence-electron chi connectivity index (χ3n) is 5.55. The van der Waals surface area contributed by atoms with Crippen molar-refractivity contribution in [2.45, 2.75) is 91.3 Å². The molecule has 1 saturated carbocycles. The zero-order valence-corrected chi connectivity index (χ0v) is 16.4. The summed E-state index contributed by atoms with van der Waals surface area (Å²) in [4.78, 5) is 23.3. The van der Waals surface area contributed by atoms with E-state index in [9.17, 15) is 14.7 Å². The summed E-state index contributed by atoms with van der Waals surface area (Å²) in [6.07, 6.45) is 5.28. The first-order valence-corrected chi connectivity index (χ1v) is 9.76. The Kier molecular flexibility index (Phi) is 9.65. The average Bonchev–Trinajstić information content (AvgIpc) is 2.56. The number of ketones is 1. The molecular weight excluding hydrogens is 320 g/mol. The summed E-state index contributed by atoms with van der Waals surface area (Å²) in [5.41, 5.74) is 0.314. The fourth-order valence-electron chi connectivity index (χ4n) is 3.35. The Morgan fingerprint density at radius 2 is 2.00 bits per heavy atom. The minimum absolute atomic E-state index is 0.0993. The third-order valence-corrected chi connectivity index (χ3v) is 5.55. The second-order valence-corrected chi connectivity index (χ2v) is 7.93. The summed E-state index contributed by atoms with van der Waals surface area (Å²) in [5.74, 6) is -0.209. The monoisotopic (exact) mass is 356 g/mol. The number of Topliss-reactive ketones (excluding diaryl/α,β-unsaturated/α-hetero) is 1. The largest absolute Gasteiger partial charge is 0.461 e. The van der Waals surface area contributed by atoms with Crippen molar-refractivity contribution in [1.82, 2.24) is 0 Å². The van der Waals surface area contributed by atoms with E-state index in [4.69, 9.17) is 9.47 Å².